The third kappa shape index (κ3) is 2.55. The summed E-state index contributed by atoms with van der Waals surface area (Å²) in [7, 11) is 1.76. The van der Waals surface area contributed by atoms with Crippen molar-refractivity contribution in [3.8, 4) is 0 Å². The van der Waals surface area contributed by atoms with Gasteiger partial charge in [0.25, 0.3) is 0 Å². The minimum atomic E-state index is -0.825. The zero-order valence-electron chi connectivity index (χ0n) is 7.69. The van der Waals surface area contributed by atoms with E-state index in [1.54, 1.807) is 24.5 Å². The largest absolute Gasteiger partial charge is 0.480 e. The summed E-state index contributed by atoms with van der Waals surface area (Å²) in [4.78, 5) is 19.0. The summed E-state index contributed by atoms with van der Waals surface area (Å²) < 4.78 is 0. The van der Waals surface area contributed by atoms with Crippen molar-refractivity contribution in [1.82, 2.24) is 14.9 Å². The van der Waals surface area contributed by atoms with Crippen LogP contribution in [0.1, 0.15) is 18.7 Å². The molecule has 5 nitrogen and oxygen atoms in total. The van der Waals surface area contributed by atoms with Gasteiger partial charge in [0.1, 0.15) is 0 Å². The lowest BCUT2D eigenvalue weighted by Gasteiger charge is -2.21. The fourth-order valence-corrected chi connectivity index (χ4v) is 1.08. The van der Waals surface area contributed by atoms with Crippen molar-refractivity contribution < 1.29 is 9.90 Å². The molecule has 0 radical (unpaired) electrons. The van der Waals surface area contributed by atoms with Gasteiger partial charge in [0.05, 0.1) is 18.6 Å². The number of hydrogen-bond donors (Lipinski definition) is 2. The highest BCUT2D eigenvalue weighted by Gasteiger charge is 2.14. The van der Waals surface area contributed by atoms with Crippen LogP contribution in [0.3, 0.4) is 0 Å². The Balaban J connectivity index is 2.57. The van der Waals surface area contributed by atoms with E-state index in [1.165, 1.54) is 0 Å². The highest BCUT2D eigenvalue weighted by Crippen LogP contribution is 2.14. The van der Waals surface area contributed by atoms with E-state index in [2.05, 4.69) is 9.97 Å². The van der Waals surface area contributed by atoms with Crippen molar-refractivity contribution in [3.63, 3.8) is 0 Å². The minimum absolute atomic E-state index is 0.0280. The highest BCUT2D eigenvalue weighted by atomic mass is 16.4. The molecule has 1 aromatic heterocycles. The van der Waals surface area contributed by atoms with E-state index in [0.717, 1.165) is 5.69 Å². The number of rotatable bonds is 4. The Morgan fingerprint density at radius 1 is 1.85 bits per heavy atom. The SMILES string of the molecule is CC(c1cnc[nH]1)N(C)CC(=O)O. The molecule has 1 heterocycles. The van der Waals surface area contributed by atoms with Gasteiger partial charge in [-0.3, -0.25) is 9.69 Å². The standard InChI is InChI=1S/C8H13N3O2/c1-6(7-3-9-5-10-7)11(2)4-8(12)13/h3,5-6H,4H2,1-2H3,(H,9,10)(H,12,13). The third-order valence-electron chi connectivity index (χ3n) is 2.02. The molecule has 1 rings (SSSR count). The number of aromatic amines is 1. The Morgan fingerprint density at radius 2 is 2.54 bits per heavy atom. The maximum Gasteiger partial charge on any atom is 0.317 e. The van der Waals surface area contributed by atoms with Crippen molar-refractivity contribution in [3.05, 3.63) is 18.2 Å². The van der Waals surface area contributed by atoms with Crippen molar-refractivity contribution in [2.24, 2.45) is 0 Å². The molecule has 0 saturated heterocycles. The number of H-pyrrole nitrogens is 1. The van der Waals surface area contributed by atoms with Gasteiger partial charge in [-0.25, -0.2) is 4.98 Å². The minimum Gasteiger partial charge on any atom is -0.480 e. The fourth-order valence-electron chi connectivity index (χ4n) is 1.08. The molecule has 0 saturated carbocycles. The molecule has 0 spiro atoms. The van der Waals surface area contributed by atoms with E-state index >= 15 is 0 Å². The summed E-state index contributed by atoms with van der Waals surface area (Å²) in [6, 6.07) is 0.0404. The van der Waals surface area contributed by atoms with E-state index in [4.69, 9.17) is 5.11 Å². The predicted molar refractivity (Wildman–Crippen MR) is 47.3 cm³/mol. The molecule has 0 aliphatic carbocycles. The molecule has 0 amide bonds. The molecule has 13 heavy (non-hydrogen) atoms. The molecule has 0 aliphatic rings. The second-order valence-corrected chi connectivity index (χ2v) is 2.99. The quantitative estimate of drug-likeness (QED) is 0.712. The molecule has 0 fully saturated rings. The van der Waals surface area contributed by atoms with Crippen LogP contribution < -0.4 is 0 Å². The second-order valence-electron chi connectivity index (χ2n) is 2.99. The lowest BCUT2D eigenvalue weighted by atomic mass is 10.2. The average molecular weight is 183 g/mol. The summed E-state index contributed by atoms with van der Waals surface area (Å²) >= 11 is 0. The van der Waals surface area contributed by atoms with Crippen molar-refractivity contribution in [2.75, 3.05) is 13.6 Å². The molecule has 0 bridgehead atoms. The van der Waals surface area contributed by atoms with Crippen LogP contribution >= 0.6 is 0 Å². The molecule has 0 aliphatic heterocycles. The van der Waals surface area contributed by atoms with Crippen LogP contribution in [-0.4, -0.2) is 39.5 Å². The molecule has 0 aromatic carbocycles. The normalized spacial score (nSPS) is 13.2. The first-order valence-corrected chi connectivity index (χ1v) is 4.01. The summed E-state index contributed by atoms with van der Waals surface area (Å²) in [5, 5.41) is 8.56. The third-order valence-corrected chi connectivity index (χ3v) is 2.02. The molecular formula is C8H13N3O2. The Kier molecular flexibility index (Phi) is 3.02. The lowest BCUT2D eigenvalue weighted by molar-refractivity contribution is -0.138. The lowest BCUT2D eigenvalue weighted by Crippen LogP contribution is -2.28. The van der Waals surface area contributed by atoms with Gasteiger partial charge in [0.15, 0.2) is 0 Å². The van der Waals surface area contributed by atoms with Crippen LogP contribution in [-0.2, 0) is 4.79 Å². The number of carbonyl (C=O) groups is 1. The van der Waals surface area contributed by atoms with E-state index in [9.17, 15) is 4.79 Å². The number of carboxylic acid groups (broad SMARTS) is 1. The summed E-state index contributed by atoms with van der Waals surface area (Å²) in [5.41, 5.74) is 0.920. The Labute approximate surface area is 76.4 Å². The van der Waals surface area contributed by atoms with E-state index in [0.29, 0.717) is 0 Å². The first-order chi connectivity index (χ1) is 6.11. The van der Waals surface area contributed by atoms with E-state index in [-0.39, 0.29) is 12.6 Å². The maximum atomic E-state index is 10.4. The summed E-state index contributed by atoms with van der Waals surface area (Å²) in [6.45, 7) is 1.96. The van der Waals surface area contributed by atoms with Gasteiger partial charge in [-0.05, 0) is 14.0 Å². The number of aromatic nitrogens is 2. The fraction of sp³-hybridized carbons (Fsp3) is 0.500. The highest BCUT2D eigenvalue weighted by molar-refractivity contribution is 5.69. The molecule has 1 unspecified atom stereocenters. The first kappa shape index (κ1) is 9.73. The molecule has 72 valence electrons. The summed E-state index contributed by atoms with van der Waals surface area (Å²) in [6.07, 6.45) is 3.28. The number of imidazole rings is 1. The Bertz CT molecular complexity index is 271. The molecule has 1 atom stereocenters. The van der Waals surface area contributed by atoms with Crippen LogP contribution in [0.2, 0.25) is 0 Å². The van der Waals surface area contributed by atoms with Crippen LogP contribution in [0.25, 0.3) is 0 Å². The first-order valence-electron chi connectivity index (χ1n) is 4.01. The Morgan fingerprint density at radius 3 is 3.00 bits per heavy atom. The molecule has 5 heteroatoms. The van der Waals surface area contributed by atoms with Gasteiger partial charge in [-0.15, -0.1) is 0 Å². The average Bonchev–Trinajstić information content (AvgIpc) is 2.53. The zero-order valence-corrected chi connectivity index (χ0v) is 7.69. The maximum absolute atomic E-state index is 10.4. The van der Waals surface area contributed by atoms with Crippen molar-refractivity contribution in [2.45, 2.75) is 13.0 Å². The second kappa shape index (κ2) is 4.04. The van der Waals surface area contributed by atoms with Crippen LogP contribution in [0.15, 0.2) is 12.5 Å². The zero-order chi connectivity index (χ0) is 9.84. The van der Waals surface area contributed by atoms with Crippen molar-refractivity contribution >= 4 is 5.97 Å². The van der Waals surface area contributed by atoms with Gasteiger partial charge in [-0.1, -0.05) is 0 Å². The van der Waals surface area contributed by atoms with Crippen LogP contribution in [0, 0.1) is 0 Å². The number of likely N-dealkylation sites (N-methyl/N-ethyl adjacent to an activating group) is 1. The molecule has 2 N–H and O–H groups in total. The number of nitrogens with one attached hydrogen (secondary N) is 1. The Hall–Kier alpha value is -1.36. The van der Waals surface area contributed by atoms with Crippen LogP contribution in [0.4, 0.5) is 0 Å². The molecular weight excluding hydrogens is 170 g/mol. The number of hydrogen-bond acceptors (Lipinski definition) is 3. The molecule has 1 aromatic rings. The van der Waals surface area contributed by atoms with Gasteiger partial charge in [0.2, 0.25) is 0 Å². The number of aliphatic carboxylic acids is 1. The van der Waals surface area contributed by atoms with Gasteiger partial charge in [-0.2, -0.15) is 0 Å². The van der Waals surface area contributed by atoms with Gasteiger partial charge in [0, 0.05) is 12.2 Å². The monoisotopic (exact) mass is 183 g/mol. The topological polar surface area (TPSA) is 69.2 Å². The van der Waals surface area contributed by atoms with Crippen LogP contribution in [0.5, 0.6) is 0 Å². The predicted octanol–water partition coefficient (Wildman–Crippen LogP) is 0.487. The summed E-state index contributed by atoms with van der Waals surface area (Å²) in [5.74, 6) is -0.825. The van der Waals surface area contributed by atoms with E-state index in [1.807, 2.05) is 6.92 Å². The van der Waals surface area contributed by atoms with E-state index < -0.39 is 5.97 Å². The van der Waals surface area contributed by atoms with Crippen molar-refractivity contribution in [1.29, 1.82) is 0 Å². The number of nitrogens with zero attached hydrogens (tertiary/aromatic N) is 2. The smallest absolute Gasteiger partial charge is 0.317 e. The van der Waals surface area contributed by atoms with Gasteiger partial charge < -0.3 is 10.1 Å². The number of carboxylic acids is 1. The van der Waals surface area contributed by atoms with Gasteiger partial charge >= 0.3 is 5.97 Å².